The third-order valence-electron chi connectivity index (χ3n) is 4.20. The summed E-state index contributed by atoms with van der Waals surface area (Å²) < 4.78 is 2.26. The molecular formula is C18H22N6O4. The molecule has 0 radical (unpaired) electrons. The van der Waals surface area contributed by atoms with Crippen LogP contribution >= 0.6 is 0 Å². The standard InChI is InChI=1S/C18H22N6O4/c1-6-20-13-14(18(28)24(5)23(4)17(13)27)21-12-8-10(9-19)7-11(15(12)25)16(26)22(2)3/h7-8,20-21,25H,6H2,1-5H3. The fourth-order valence-corrected chi connectivity index (χ4v) is 2.60. The van der Waals surface area contributed by atoms with Crippen LogP contribution in [0.2, 0.25) is 0 Å². The van der Waals surface area contributed by atoms with Gasteiger partial charge in [0.25, 0.3) is 17.0 Å². The van der Waals surface area contributed by atoms with Gasteiger partial charge in [-0.1, -0.05) is 0 Å². The van der Waals surface area contributed by atoms with E-state index in [1.807, 2.05) is 6.07 Å². The van der Waals surface area contributed by atoms with Crippen LogP contribution < -0.4 is 21.8 Å². The van der Waals surface area contributed by atoms with Crippen LogP contribution in [-0.2, 0) is 14.1 Å². The lowest BCUT2D eigenvalue weighted by Crippen LogP contribution is -2.38. The number of nitrogens with one attached hydrogen (secondary N) is 2. The number of carbonyl (C=O) groups excluding carboxylic acids is 1. The van der Waals surface area contributed by atoms with E-state index in [0.29, 0.717) is 6.54 Å². The smallest absolute Gasteiger partial charge is 0.290 e. The van der Waals surface area contributed by atoms with Crippen LogP contribution in [0.15, 0.2) is 21.7 Å². The zero-order valence-electron chi connectivity index (χ0n) is 16.3. The van der Waals surface area contributed by atoms with Crippen LogP contribution in [0.4, 0.5) is 17.1 Å². The number of nitrogens with zero attached hydrogens (tertiary/aromatic N) is 4. The van der Waals surface area contributed by atoms with E-state index in [1.54, 1.807) is 6.92 Å². The number of hydrogen-bond acceptors (Lipinski definition) is 7. The number of anilines is 3. The minimum atomic E-state index is -0.528. The molecule has 1 aromatic carbocycles. The number of amides is 1. The summed E-state index contributed by atoms with van der Waals surface area (Å²) in [7, 11) is 5.90. The molecule has 10 heteroatoms. The normalized spacial score (nSPS) is 10.3. The van der Waals surface area contributed by atoms with Gasteiger partial charge in [0.1, 0.15) is 11.4 Å². The van der Waals surface area contributed by atoms with Crippen LogP contribution in [-0.4, -0.2) is 45.9 Å². The van der Waals surface area contributed by atoms with Gasteiger partial charge in [-0.2, -0.15) is 5.26 Å². The first kappa shape index (κ1) is 20.6. The number of rotatable bonds is 5. The first-order valence-corrected chi connectivity index (χ1v) is 8.43. The van der Waals surface area contributed by atoms with Crippen LogP contribution in [0.1, 0.15) is 22.8 Å². The van der Waals surface area contributed by atoms with Crippen molar-refractivity contribution < 1.29 is 9.90 Å². The van der Waals surface area contributed by atoms with Crippen molar-refractivity contribution >= 4 is 23.0 Å². The lowest BCUT2D eigenvalue weighted by molar-refractivity contribution is 0.0824. The summed E-state index contributed by atoms with van der Waals surface area (Å²) in [6.07, 6.45) is 0. The average Bonchev–Trinajstić information content (AvgIpc) is 2.67. The largest absolute Gasteiger partial charge is 0.505 e. The number of hydrogen-bond donors (Lipinski definition) is 3. The lowest BCUT2D eigenvalue weighted by Gasteiger charge is -2.18. The van der Waals surface area contributed by atoms with Crippen LogP contribution in [0.25, 0.3) is 0 Å². The number of carbonyl (C=O) groups is 1. The first-order chi connectivity index (χ1) is 13.1. The number of aromatic nitrogens is 2. The number of nitriles is 1. The van der Waals surface area contributed by atoms with Crippen molar-refractivity contribution in [1.82, 2.24) is 14.3 Å². The molecule has 0 fully saturated rings. The Morgan fingerprint density at radius 2 is 1.75 bits per heavy atom. The summed E-state index contributed by atoms with van der Waals surface area (Å²) in [6, 6.07) is 4.47. The Balaban J connectivity index is 2.75. The van der Waals surface area contributed by atoms with E-state index < -0.39 is 22.8 Å². The Labute approximate surface area is 161 Å². The topological polar surface area (TPSA) is 132 Å². The van der Waals surface area contributed by atoms with Crippen molar-refractivity contribution in [3.63, 3.8) is 0 Å². The average molecular weight is 386 g/mol. The maximum atomic E-state index is 12.7. The van der Waals surface area contributed by atoms with Gasteiger partial charge in [0.2, 0.25) is 0 Å². The van der Waals surface area contributed by atoms with E-state index >= 15 is 0 Å². The van der Waals surface area contributed by atoms with E-state index in [4.69, 9.17) is 0 Å². The highest BCUT2D eigenvalue weighted by Gasteiger charge is 2.21. The van der Waals surface area contributed by atoms with Crippen molar-refractivity contribution in [1.29, 1.82) is 5.26 Å². The fraction of sp³-hybridized carbons (Fsp3) is 0.333. The number of benzene rings is 1. The van der Waals surface area contributed by atoms with Gasteiger partial charge in [-0.25, -0.2) is 9.36 Å². The second-order valence-corrected chi connectivity index (χ2v) is 6.29. The SMILES string of the molecule is CCNc1c(Nc2cc(C#N)cc(C(=O)N(C)C)c2O)c(=O)n(C)n(C)c1=O. The number of phenols is 1. The molecule has 0 saturated carbocycles. The van der Waals surface area contributed by atoms with Gasteiger partial charge < -0.3 is 20.6 Å². The molecule has 10 nitrogen and oxygen atoms in total. The molecule has 0 aliphatic heterocycles. The minimum Gasteiger partial charge on any atom is -0.505 e. The summed E-state index contributed by atoms with van der Waals surface area (Å²) in [4.78, 5) is 38.8. The van der Waals surface area contributed by atoms with E-state index in [-0.39, 0.29) is 28.2 Å². The van der Waals surface area contributed by atoms with Crippen molar-refractivity contribution in [2.75, 3.05) is 31.3 Å². The van der Waals surface area contributed by atoms with Crippen molar-refractivity contribution in [2.24, 2.45) is 14.1 Å². The predicted octanol–water partition coefficient (Wildman–Crippen LogP) is 0.538. The molecule has 0 unspecified atom stereocenters. The summed E-state index contributed by atoms with van der Waals surface area (Å²) in [5.41, 5.74) is -1.08. The molecule has 2 aromatic rings. The van der Waals surface area contributed by atoms with E-state index in [9.17, 15) is 24.8 Å². The number of phenolic OH excluding ortho intramolecular Hbond substituents is 1. The maximum Gasteiger partial charge on any atom is 0.290 e. The van der Waals surface area contributed by atoms with Gasteiger partial charge in [-0.05, 0) is 19.1 Å². The van der Waals surface area contributed by atoms with Gasteiger partial charge >= 0.3 is 0 Å². The van der Waals surface area contributed by atoms with Crippen molar-refractivity contribution in [3.8, 4) is 11.8 Å². The predicted molar refractivity (Wildman–Crippen MR) is 105 cm³/mol. The third kappa shape index (κ3) is 3.55. The molecule has 0 bridgehead atoms. The minimum absolute atomic E-state index is 0.0235. The Hall–Kier alpha value is -3.74. The first-order valence-electron chi connectivity index (χ1n) is 8.43. The molecule has 2 rings (SSSR count). The second kappa shape index (κ2) is 7.87. The van der Waals surface area contributed by atoms with Crippen molar-refractivity contribution in [2.45, 2.75) is 6.92 Å². The molecule has 1 aromatic heterocycles. The Morgan fingerprint density at radius 1 is 1.18 bits per heavy atom. The van der Waals surface area contributed by atoms with Gasteiger partial charge in [-0.15, -0.1) is 0 Å². The Morgan fingerprint density at radius 3 is 2.25 bits per heavy atom. The molecule has 28 heavy (non-hydrogen) atoms. The van der Waals surface area contributed by atoms with Gasteiger partial charge in [-0.3, -0.25) is 14.4 Å². The summed E-state index contributed by atoms with van der Waals surface area (Å²) in [5, 5.41) is 25.4. The maximum absolute atomic E-state index is 12.7. The van der Waals surface area contributed by atoms with Gasteiger partial charge in [0, 0.05) is 34.7 Å². The lowest BCUT2D eigenvalue weighted by atomic mass is 10.1. The molecule has 0 aliphatic rings. The molecule has 1 amide bonds. The molecule has 0 saturated heterocycles. The highest BCUT2D eigenvalue weighted by molar-refractivity contribution is 5.99. The van der Waals surface area contributed by atoms with E-state index in [2.05, 4.69) is 10.6 Å². The molecule has 148 valence electrons. The zero-order chi connectivity index (χ0) is 21.2. The van der Waals surface area contributed by atoms with Gasteiger partial charge in [0.15, 0.2) is 5.75 Å². The van der Waals surface area contributed by atoms with Gasteiger partial charge in [0.05, 0.1) is 22.9 Å². The van der Waals surface area contributed by atoms with Crippen molar-refractivity contribution in [3.05, 3.63) is 44.0 Å². The zero-order valence-corrected chi connectivity index (χ0v) is 16.3. The molecule has 0 spiro atoms. The monoisotopic (exact) mass is 386 g/mol. The molecule has 0 aliphatic carbocycles. The highest BCUT2D eigenvalue weighted by atomic mass is 16.3. The Kier molecular flexibility index (Phi) is 5.78. The summed E-state index contributed by atoms with van der Waals surface area (Å²) in [6.45, 7) is 2.15. The Bertz CT molecular complexity index is 1090. The molecule has 3 N–H and O–H groups in total. The number of aromatic hydroxyl groups is 1. The molecular weight excluding hydrogens is 364 g/mol. The fourth-order valence-electron chi connectivity index (χ4n) is 2.60. The van der Waals surface area contributed by atoms with E-state index in [0.717, 1.165) is 9.36 Å². The molecule has 1 heterocycles. The van der Waals surface area contributed by atoms with Crippen LogP contribution in [0.3, 0.4) is 0 Å². The summed E-state index contributed by atoms with van der Waals surface area (Å²) >= 11 is 0. The second-order valence-electron chi connectivity index (χ2n) is 6.29. The highest BCUT2D eigenvalue weighted by Crippen LogP contribution is 2.33. The van der Waals surface area contributed by atoms with Crippen LogP contribution in [0.5, 0.6) is 5.75 Å². The van der Waals surface area contributed by atoms with Crippen LogP contribution in [0, 0.1) is 11.3 Å². The summed E-state index contributed by atoms with van der Waals surface area (Å²) in [5.74, 6) is -0.940. The van der Waals surface area contributed by atoms with E-state index in [1.165, 1.54) is 45.2 Å². The molecule has 0 atom stereocenters. The third-order valence-corrected chi connectivity index (χ3v) is 4.20. The quantitative estimate of drug-likeness (QED) is 0.639.